The van der Waals surface area contributed by atoms with E-state index in [-0.39, 0.29) is 11.5 Å². The number of hydrogen-bond donors (Lipinski definition) is 0. The van der Waals surface area contributed by atoms with Crippen molar-refractivity contribution in [2.45, 2.75) is 13.5 Å². The van der Waals surface area contributed by atoms with E-state index in [4.69, 9.17) is 0 Å². The Balaban J connectivity index is 2.16. The standard InChI is InChI=1S/C15H18N2O2/c1-12-9-16(10-14-7-5-4-6-8-14)13(2)15(12,3)11-17(18)19/h4-8H,1-2,9-11H2,3H3. The first-order valence-electron chi connectivity index (χ1n) is 6.22. The molecule has 0 bridgehead atoms. The highest BCUT2D eigenvalue weighted by Gasteiger charge is 2.44. The van der Waals surface area contributed by atoms with Crippen LogP contribution in [0.1, 0.15) is 12.5 Å². The molecule has 1 atom stereocenters. The van der Waals surface area contributed by atoms with Crippen molar-refractivity contribution in [2.24, 2.45) is 5.41 Å². The zero-order valence-corrected chi connectivity index (χ0v) is 11.1. The number of nitro groups is 1. The Morgan fingerprint density at radius 1 is 1.37 bits per heavy atom. The van der Waals surface area contributed by atoms with Crippen molar-refractivity contribution in [2.75, 3.05) is 13.1 Å². The first-order valence-corrected chi connectivity index (χ1v) is 6.22. The van der Waals surface area contributed by atoms with Crippen molar-refractivity contribution in [3.05, 3.63) is 70.4 Å². The fraction of sp³-hybridized carbons (Fsp3) is 0.333. The predicted molar refractivity (Wildman–Crippen MR) is 75.1 cm³/mol. The summed E-state index contributed by atoms with van der Waals surface area (Å²) in [6.07, 6.45) is 0. The highest BCUT2D eigenvalue weighted by molar-refractivity contribution is 5.33. The Morgan fingerprint density at radius 2 is 2.00 bits per heavy atom. The molecule has 4 nitrogen and oxygen atoms in total. The van der Waals surface area contributed by atoms with Gasteiger partial charge in [0.2, 0.25) is 6.54 Å². The molecule has 1 unspecified atom stereocenters. The quantitative estimate of drug-likeness (QED) is 0.474. The molecule has 100 valence electrons. The smallest absolute Gasteiger partial charge is 0.218 e. The van der Waals surface area contributed by atoms with Crippen molar-refractivity contribution >= 4 is 0 Å². The first-order chi connectivity index (χ1) is 8.93. The van der Waals surface area contributed by atoms with Gasteiger partial charge in [-0.1, -0.05) is 43.5 Å². The molecular formula is C15H18N2O2. The lowest BCUT2D eigenvalue weighted by molar-refractivity contribution is -0.491. The Bertz CT molecular complexity index is 524. The largest absolute Gasteiger partial charge is 0.366 e. The number of nitrogens with zero attached hydrogens (tertiary/aromatic N) is 2. The summed E-state index contributed by atoms with van der Waals surface area (Å²) in [7, 11) is 0. The van der Waals surface area contributed by atoms with Crippen molar-refractivity contribution in [1.29, 1.82) is 0 Å². The molecule has 1 aromatic rings. The second-order valence-corrected chi connectivity index (χ2v) is 5.21. The summed E-state index contributed by atoms with van der Waals surface area (Å²) in [5.41, 5.74) is 2.20. The van der Waals surface area contributed by atoms with Crippen LogP contribution in [-0.4, -0.2) is 22.9 Å². The lowest BCUT2D eigenvalue weighted by atomic mass is 9.83. The van der Waals surface area contributed by atoms with E-state index in [2.05, 4.69) is 18.1 Å². The molecule has 0 amide bonds. The van der Waals surface area contributed by atoms with E-state index in [1.807, 2.05) is 37.3 Å². The van der Waals surface area contributed by atoms with Gasteiger partial charge in [0, 0.05) is 23.7 Å². The lowest BCUT2D eigenvalue weighted by Crippen LogP contribution is -2.28. The summed E-state index contributed by atoms with van der Waals surface area (Å²) in [5, 5.41) is 10.8. The highest BCUT2D eigenvalue weighted by atomic mass is 16.6. The molecule has 1 aliphatic heterocycles. The number of likely N-dealkylation sites (tertiary alicyclic amines) is 1. The van der Waals surface area contributed by atoms with Gasteiger partial charge in [-0.3, -0.25) is 10.1 Å². The van der Waals surface area contributed by atoms with E-state index in [0.717, 1.165) is 11.3 Å². The normalized spacial score (nSPS) is 22.9. The molecule has 0 saturated carbocycles. The van der Waals surface area contributed by atoms with E-state index in [1.165, 1.54) is 5.56 Å². The molecule has 0 N–H and O–H groups in total. The molecule has 19 heavy (non-hydrogen) atoms. The van der Waals surface area contributed by atoms with Crippen molar-refractivity contribution < 1.29 is 4.92 Å². The molecular weight excluding hydrogens is 240 g/mol. The van der Waals surface area contributed by atoms with Gasteiger partial charge < -0.3 is 4.90 Å². The third-order valence-electron chi connectivity index (χ3n) is 3.84. The second kappa shape index (κ2) is 4.88. The van der Waals surface area contributed by atoms with Crippen LogP contribution in [0.4, 0.5) is 0 Å². The maximum Gasteiger partial charge on any atom is 0.218 e. The van der Waals surface area contributed by atoms with Gasteiger partial charge in [-0.2, -0.15) is 0 Å². The number of benzene rings is 1. The monoisotopic (exact) mass is 258 g/mol. The van der Waals surface area contributed by atoms with Gasteiger partial charge in [0.15, 0.2) is 0 Å². The van der Waals surface area contributed by atoms with Gasteiger partial charge in [-0.05, 0) is 18.1 Å². The third-order valence-corrected chi connectivity index (χ3v) is 3.84. The Hall–Kier alpha value is -2.10. The summed E-state index contributed by atoms with van der Waals surface area (Å²) in [6, 6.07) is 10.0. The second-order valence-electron chi connectivity index (χ2n) is 5.21. The molecule has 1 fully saturated rings. The van der Waals surface area contributed by atoms with Gasteiger partial charge in [0.1, 0.15) is 0 Å². The van der Waals surface area contributed by atoms with Crippen LogP contribution in [0.25, 0.3) is 0 Å². The maximum absolute atomic E-state index is 10.8. The van der Waals surface area contributed by atoms with Crippen LogP contribution >= 0.6 is 0 Å². The van der Waals surface area contributed by atoms with Crippen LogP contribution < -0.4 is 0 Å². The molecule has 1 heterocycles. The predicted octanol–water partition coefficient (Wildman–Crippen LogP) is 2.86. The summed E-state index contributed by atoms with van der Waals surface area (Å²) < 4.78 is 0. The van der Waals surface area contributed by atoms with Crippen molar-refractivity contribution in [1.82, 2.24) is 4.90 Å². The fourth-order valence-electron chi connectivity index (χ4n) is 2.47. The van der Waals surface area contributed by atoms with Crippen LogP contribution in [0.3, 0.4) is 0 Å². The summed E-state index contributed by atoms with van der Waals surface area (Å²) >= 11 is 0. The van der Waals surface area contributed by atoms with Gasteiger partial charge in [-0.15, -0.1) is 0 Å². The highest BCUT2D eigenvalue weighted by Crippen LogP contribution is 2.43. The first kappa shape index (κ1) is 13.3. The van der Waals surface area contributed by atoms with Crippen LogP contribution in [0.5, 0.6) is 0 Å². The molecule has 0 aromatic heterocycles. The zero-order chi connectivity index (χ0) is 14.0. The molecule has 0 radical (unpaired) electrons. The molecule has 1 saturated heterocycles. The van der Waals surface area contributed by atoms with Gasteiger partial charge >= 0.3 is 0 Å². The van der Waals surface area contributed by atoms with E-state index < -0.39 is 5.41 Å². The molecule has 1 aliphatic rings. The molecule has 0 aliphatic carbocycles. The zero-order valence-electron chi connectivity index (χ0n) is 11.1. The minimum Gasteiger partial charge on any atom is -0.366 e. The van der Waals surface area contributed by atoms with Crippen LogP contribution in [0, 0.1) is 15.5 Å². The Morgan fingerprint density at radius 3 is 2.58 bits per heavy atom. The van der Waals surface area contributed by atoms with Crippen LogP contribution in [-0.2, 0) is 6.54 Å². The summed E-state index contributed by atoms with van der Waals surface area (Å²) in [6.45, 7) is 11.1. The minimum absolute atomic E-state index is 0.143. The third kappa shape index (κ3) is 2.52. The summed E-state index contributed by atoms with van der Waals surface area (Å²) in [4.78, 5) is 12.6. The molecule has 2 rings (SSSR count). The summed E-state index contributed by atoms with van der Waals surface area (Å²) in [5.74, 6) is 0. The fourth-order valence-corrected chi connectivity index (χ4v) is 2.47. The van der Waals surface area contributed by atoms with Gasteiger partial charge in [-0.25, -0.2) is 0 Å². The number of hydrogen-bond acceptors (Lipinski definition) is 3. The van der Waals surface area contributed by atoms with Crippen LogP contribution in [0.2, 0.25) is 0 Å². The van der Waals surface area contributed by atoms with E-state index in [1.54, 1.807) is 0 Å². The molecule has 0 spiro atoms. The van der Waals surface area contributed by atoms with Crippen LogP contribution in [0.15, 0.2) is 54.8 Å². The molecule has 4 heteroatoms. The SMILES string of the molecule is C=C1CN(Cc2ccccc2)C(=C)C1(C)C[N+](=O)[O-]. The van der Waals surface area contributed by atoms with Gasteiger partial charge in [0.05, 0.1) is 5.41 Å². The van der Waals surface area contributed by atoms with E-state index in [0.29, 0.717) is 13.1 Å². The average Bonchev–Trinajstić information content (AvgIpc) is 2.55. The van der Waals surface area contributed by atoms with Gasteiger partial charge in [0.25, 0.3) is 0 Å². The lowest BCUT2D eigenvalue weighted by Gasteiger charge is -2.25. The topological polar surface area (TPSA) is 46.4 Å². The Kier molecular flexibility index (Phi) is 3.42. The molecule has 1 aromatic carbocycles. The average molecular weight is 258 g/mol. The van der Waals surface area contributed by atoms with Crippen molar-refractivity contribution in [3.8, 4) is 0 Å². The Labute approximate surface area is 113 Å². The van der Waals surface area contributed by atoms with E-state index in [9.17, 15) is 10.1 Å². The minimum atomic E-state index is -0.627. The number of rotatable bonds is 4. The maximum atomic E-state index is 10.8. The van der Waals surface area contributed by atoms with Crippen molar-refractivity contribution in [3.63, 3.8) is 0 Å². The van der Waals surface area contributed by atoms with E-state index >= 15 is 0 Å².